The van der Waals surface area contributed by atoms with Crippen LogP contribution in [-0.4, -0.2) is 31.5 Å². The van der Waals surface area contributed by atoms with Gasteiger partial charge in [-0.05, 0) is 67.3 Å². The number of dihydropyridines is 1. The highest BCUT2D eigenvalue weighted by Gasteiger charge is 2.46. The van der Waals surface area contributed by atoms with Crippen molar-refractivity contribution in [3.05, 3.63) is 143 Å². The van der Waals surface area contributed by atoms with Crippen LogP contribution in [0.3, 0.4) is 0 Å². The van der Waals surface area contributed by atoms with Crippen LogP contribution in [0.2, 0.25) is 0 Å². The number of hydrogen-bond donors (Lipinski definition) is 0. The zero-order valence-electron chi connectivity index (χ0n) is 23.4. The molecule has 10 heteroatoms. The van der Waals surface area contributed by atoms with Crippen molar-refractivity contribution in [3.8, 4) is 5.82 Å². The smallest absolute Gasteiger partial charge is 0.279 e. The molecule has 0 bridgehead atoms. The average molecular weight is 590 g/mol. The van der Waals surface area contributed by atoms with Crippen molar-refractivity contribution in [2.75, 3.05) is 0 Å². The summed E-state index contributed by atoms with van der Waals surface area (Å²) >= 11 is 0. The van der Waals surface area contributed by atoms with E-state index < -0.39 is 35.2 Å². The molecule has 43 heavy (non-hydrogen) atoms. The third-order valence-corrected chi connectivity index (χ3v) is 7.30. The second kappa shape index (κ2) is 12.2. The summed E-state index contributed by atoms with van der Waals surface area (Å²) in [6.07, 6.45) is 7.28. The molecule has 220 valence electrons. The predicted octanol–water partition coefficient (Wildman–Crippen LogP) is 7.98. The van der Waals surface area contributed by atoms with Gasteiger partial charge < -0.3 is 0 Å². The number of aliphatic imine (C=N–C) groups is 1. The van der Waals surface area contributed by atoms with E-state index in [1.807, 2.05) is 74.5 Å². The molecule has 1 aliphatic heterocycles. The number of alkyl halides is 3. The van der Waals surface area contributed by atoms with E-state index in [4.69, 9.17) is 9.98 Å². The lowest BCUT2D eigenvalue weighted by atomic mass is 9.64. The molecule has 2 atom stereocenters. The van der Waals surface area contributed by atoms with Crippen molar-refractivity contribution in [1.82, 2.24) is 19.7 Å². The largest absolute Gasteiger partial charge is 0.435 e. The van der Waals surface area contributed by atoms with Gasteiger partial charge in [0.05, 0.1) is 28.4 Å². The first-order valence-corrected chi connectivity index (χ1v) is 13.7. The molecule has 0 spiro atoms. The SMILES string of the molecule is C/C=C(\C=C/CC)C(c1ccccc1)(c1cccc(-n2ccc(C(F)(F)F)n2)n1)C1CC=CC(c2ccc(F)nc2F)=N1. The molecule has 4 aromatic rings. The van der Waals surface area contributed by atoms with Crippen LogP contribution in [0.5, 0.6) is 0 Å². The van der Waals surface area contributed by atoms with Gasteiger partial charge in [0.2, 0.25) is 11.9 Å². The Balaban J connectivity index is 1.78. The van der Waals surface area contributed by atoms with E-state index in [1.54, 1.807) is 18.2 Å². The second-order valence-corrected chi connectivity index (χ2v) is 9.89. The maximum Gasteiger partial charge on any atom is 0.435 e. The monoisotopic (exact) mass is 589 g/mol. The van der Waals surface area contributed by atoms with Gasteiger partial charge in [-0.25, -0.2) is 9.67 Å². The molecule has 0 saturated carbocycles. The Morgan fingerprint density at radius 1 is 0.953 bits per heavy atom. The molecule has 5 rings (SSSR count). The molecule has 0 aliphatic carbocycles. The Morgan fingerprint density at radius 2 is 1.74 bits per heavy atom. The van der Waals surface area contributed by atoms with E-state index in [-0.39, 0.29) is 17.1 Å². The van der Waals surface area contributed by atoms with Gasteiger partial charge in [-0.3, -0.25) is 4.99 Å². The second-order valence-electron chi connectivity index (χ2n) is 9.89. The number of benzene rings is 1. The molecule has 1 aliphatic rings. The van der Waals surface area contributed by atoms with Crippen LogP contribution in [0.4, 0.5) is 22.0 Å². The van der Waals surface area contributed by atoms with E-state index in [2.05, 4.69) is 10.1 Å². The normalized spacial score (nSPS) is 17.2. The first-order chi connectivity index (χ1) is 20.7. The van der Waals surface area contributed by atoms with Crippen LogP contribution < -0.4 is 0 Å². The number of aromatic nitrogens is 4. The van der Waals surface area contributed by atoms with Gasteiger partial charge in [-0.1, -0.05) is 67.6 Å². The predicted molar refractivity (Wildman–Crippen MR) is 155 cm³/mol. The Morgan fingerprint density at radius 3 is 2.42 bits per heavy atom. The number of nitrogens with zero attached hydrogens (tertiary/aromatic N) is 5. The summed E-state index contributed by atoms with van der Waals surface area (Å²) in [5.74, 6) is -1.73. The Kier molecular flexibility index (Phi) is 8.47. The number of hydrogen-bond acceptors (Lipinski definition) is 4. The number of rotatable bonds is 8. The fourth-order valence-corrected chi connectivity index (χ4v) is 5.40. The summed E-state index contributed by atoms with van der Waals surface area (Å²) in [5.41, 5.74) is 0.403. The Labute approximate surface area is 245 Å². The highest BCUT2D eigenvalue weighted by Crippen LogP contribution is 2.46. The standard InChI is InChI=1S/C33H28F5N5/c1-3-5-11-22(4-2)32(23-12-7-6-8-13-23,26-15-9-14-25(39-26)24-18-19-29(34)41-31(24)35)27-16-10-17-30(40-27)43-21-20-28(42-43)33(36,37)38/h4-14,16-21,26H,3,15H2,1-2H3/b11-5-,22-4+. The molecule has 0 N–H and O–H groups in total. The van der Waals surface area contributed by atoms with Gasteiger partial charge in [0.25, 0.3) is 0 Å². The fourth-order valence-electron chi connectivity index (χ4n) is 5.40. The van der Waals surface area contributed by atoms with Crippen LogP contribution in [0.25, 0.3) is 5.82 Å². The zero-order valence-corrected chi connectivity index (χ0v) is 23.4. The number of halogens is 5. The molecule has 0 fully saturated rings. The quantitative estimate of drug-likeness (QED) is 0.119. The van der Waals surface area contributed by atoms with Gasteiger partial charge in [0, 0.05) is 6.20 Å². The molecule has 4 heterocycles. The van der Waals surface area contributed by atoms with Crippen LogP contribution in [0.1, 0.15) is 49.2 Å². The van der Waals surface area contributed by atoms with Crippen LogP contribution in [0, 0.1) is 11.9 Å². The fraction of sp³-hybridized carbons (Fsp3) is 0.212. The summed E-state index contributed by atoms with van der Waals surface area (Å²) < 4.78 is 69.6. The van der Waals surface area contributed by atoms with Crippen LogP contribution in [-0.2, 0) is 11.6 Å². The minimum absolute atomic E-state index is 0.0494. The Hall–Kier alpha value is -4.73. The van der Waals surface area contributed by atoms with Crippen molar-refractivity contribution in [2.24, 2.45) is 4.99 Å². The third-order valence-electron chi connectivity index (χ3n) is 7.30. The van der Waals surface area contributed by atoms with Crippen molar-refractivity contribution in [2.45, 2.75) is 44.3 Å². The molecule has 3 aromatic heterocycles. The average Bonchev–Trinajstić information content (AvgIpc) is 3.52. The van der Waals surface area contributed by atoms with Crippen molar-refractivity contribution < 1.29 is 22.0 Å². The summed E-state index contributed by atoms with van der Waals surface area (Å²) in [5, 5.41) is 3.73. The van der Waals surface area contributed by atoms with Crippen LogP contribution >= 0.6 is 0 Å². The van der Waals surface area contributed by atoms with E-state index in [1.165, 1.54) is 12.3 Å². The Bertz CT molecular complexity index is 1720. The molecule has 0 saturated heterocycles. The van der Waals surface area contributed by atoms with Gasteiger partial charge in [-0.2, -0.15) is 32.0 Å². The van der Waals surface area contributed by atoms with Gasteiger partial charge >= 0.3 is 6.18 Å². The molecule has 2 unspecified atom stereocenters. The first kappa shape index (κ1) is 29.8. The van der Waals surface area contributed by atoms with Gasteiger partial charge in [0.1, 0.15) is 0 Å². The highest BCUT2D eigenvalue weighted by atomic mass is 19.4. The lowest BCUT2D eigenvalue weighted by molar-refractivity contribution is -0.141. The zero-order chi connectivity index (χ0) is 30.6. The maximum absolute atomic E-state index is 14.8. The minimum atomic E-state index is -4.61. The van der Waals surface area contributed by atoms with E-state index in [0.29, 0.717) is 12.1 Å². The van der Waals surface area contributed by atoms with E-state index in [9.17, 15) is 22.0 Å². The number of pyridine rings is 2. The summed E-state index contributed by atoms with van der Waals surface area (Å²) in [4.78, 5) is 13.3. The lowest BCUT2D eigenvalue weighted by Crippen LogP contribution is -2.43. The molecule has 5 nitrogen and oxygen atoms in total. The minimum Gasteiger partial charge on any atom is -0.279 e. The molecule has 0 radical (unpaired) electrons. The summed E-state index contributed by atoms with van der Waals surface area (Å²) in [6.45, 7) is 3.90. The summed E-state index contributed by atoms with van der Waals surface area (Å²) in [6, 6.07) is 17.3. The van der Waals surface area contributed by atoms with E-state index >= 15 is 0 Å². The third kappa shape index (κ3) is 5.82. The summed E-state index contributed by atoms with van der Waals surface area (Å²) in [7, 11) is 0. The van der Waals surface area contributed by atoms with Crippen molar-refractivity contribution >= 4 is 5.71 Å². The van der Waals surface area contributed by atoms with Gasteiger partial charge in [-0.15, -0.1) is 0 Å². The van der Waals surface area contributed by atoms with Gasteiger partial charge in [0.15, 0.2) is 11.5 Å². The lowest BCUT2D eigenvalue weighted by Gasteiger charge is -2.41. The molecular formula is C33H28F5N5. The van der Waals surface area contributed by atoms with Crippen molar-refractivity contribution in [1.29, 1.82) is 0 Å². The van der Waals surface area contributed by atoms with Crippen LogP contribution in [0.15, 0.2) is 114 Å². The molecular weight excluding hydrogens is 561 g/mol. The number of allylic oxidation sites excluding steroid dienone is 4. The van der Waals surface area contributed by atoms with Crippen molar-refractivity contribution in [3.63, 3.8) is 0 Å². The molecule has 0 amide bonds. The maximum atomic E-state index is 14.8. The molecule has 1 aromatic carbocycles. The van der Waals surface area contributed by atoms with E-state index in [0.717, 1.165) is 34.4 Å². The topological polar surface area (TPSA) is 56.0 Å². The highest BCUT2D eigenvalue weighted by molar-refractivity contribution is 6.09. The first-order valence-electron chi connectivity index (χ1n) is 13.7.